The van der Waals surface area contributed by atoms with E-state index in [-0.39, 0.29) is 53.3 Å². The van der Waals surface area contributed by atoms with Gasteiger partial charge in [-0.1, -0.05) is 138 Å². The lowest BCUT2D eigenvalue weighted by atomic mass is 9.89. The van der Waals surface area contributed by atoms with Crippen molar-refractivity contribution in [2.45, 2.75) is 212 Å². The number of aryl methyl sites for hydroxylation is 1. The number of hydrazone groups is 1. The first-order valence-corrected chi connectivity index (χ1v) is 32.5. The number of alkyl halides is 7. The maximum absolute atomic E-state index is 14.8. The first-order chi connectivity index (χ1) is 42.5. The van der Waals surface area contributed by atoms with E-state index in [2.05, 4.69) is 38.2 Å². The largest absolute Gasteiger partial charge is 0.444 e. The Morgan fingerprint density at radius 2 is 0.912 bits per heavy atom. The third-order valence-electron chi connectivity index (χ3n) is 15.5. The van der Waals surface area contributed by atoms with Crippen molar-refractivity contribution in [2.24, 2.45) is 22.9 Å². The standard InChI is InChI=1S/C24H33F2N3O3.C20H26F2N2O.C17H29N3O3.C7H5BrF2.ClH/c1-23(2,3)32-22(30)28(4)17-20-15-21(29(27-20)16-18-11-7-5-8-12-18)31-24(25,26)19-13-9-6-10-14-19;1-2-9-18-14-19(24(23-18)15-16-10-5-3-6-11-16)25-20(21,22)17-12-7-4-8-13-17;1-17(2,3)23-16(22)19(4)12-14-10-15(21)20(18-14)11-13-8-6-5-7-9-13;8-7(9,10)6-4-2-1-3-5-6;/h6,9-10,13-15,18H,5,7-8,11-12,16-17H2,1-4H3;4,7-8,12-14,16H,2-3,5-6,9-11,15H2,1H3;13H,5-12H2,1-4H3;1-5H;1H. The number of nitrogens with zero attached hydrogens (tertiary/aromatic N) is 8. The molecule has 3 heterocycles. The number of hydrogen-bond donors (Lipinski definition) is 0. The number of amides is 3. The Labute approximate surface area is 548 Å². The van der Waals surface area contributed by atoms with Crippen LogP contribution in [0.1, 0.15) is 186 Å². The molecule has 9 rings (SSSR count). The molecule has 3 aliphatic carbocycles. The summed E-state index contributed by atoms with van der Waals surface area (Å²) < 4.78 is 108. The van der Waals surface area contributed by atoms with E-state index in [0.29, 0.717) is 49.5 Å². The van der Waals surface area contributed by atoms with Gasteiger partial charge in [-0.15, -0.1) is 12.4 Å². The Hall–Kier alpha value is -6.29. The average molecular weight is 1360 g/mol. The van der Waals surface area contributed by atoms with E-state index in [1.165, 1.54) is 115 Å². The number of halogens is 8. The Bertz CT molecular complexity index is 3010. The molecule has 0 bridgehead atoms. The van der Waals surface area contributed by atoms with Crippen molar-refractivity contribution in [1.29, 1.82) is 0 Å². The van der Waals surface area contributed by atoms with Gasteiger partial charge in [-0.25, -0.2) is 24.0 Å². The van der Waals surface area contributed by atoms with Crippen molar-refractivity contribution in [3.8, 4) is 11.8 Å². The molecular weight excluding hydrogens is 1270 g/mol. The van der Waals surface area contributed by atoms with E-state index in [4.69, 9.17) is 18.9 Å². The number of aromatic nitrogens is 4. The summed E-state index contributed by atoms with van der Waals surface area (Å²) in [5, 5.41) is 15.1. The molecule has 3 amide bonds. The number of ether oxygens (including phenoxy) is 4. The van der Waals surface area contributed by atoms with Crippen molar-refractivity contribution in [3.05, 3.63) is 131 Å². The number of rotatable bonds is 19. The van der Waals surface area contributed by atoms with E-state index in [9.17, 15) is 40.7 Å². The highest BCUT2D eigenvalue weighted by molar-refractivity contribution is 9.09. The SMILES string of the molecule is CCCc1cc(OC(F)(F)c2ccccc2)n(CC2CCCCC2)n1.CN(CC1=NN(CC2CCCCC2)C(=O)C1)C(=O)OC(C)(C)C.CN(Cc1cc(OC(F)(F)c2ccccc2)n(CC2CCCCC2)n1)C(=O)OC(C)(C)C.Cl.FC(F)(Br)c1ccccc1. The topological polar surface area (TPSA) is 146 Å². The molecule has 5 aromatic rings. The van der Waals surface area contributed by atoms with Gasteiger partial charge in [0.2, 0.25) is 17.7 Å². The molecule has 0 unspecified atom stereocenters. The second-order valence-corrected chi connectivity index (χ2v) is 26.9. The summed E-state index contributed by atoms with van der Waals surface area (Å²) in [5.74, 6) is 1.64. The average Bonchev–Trinajstić information content (AvgIpc) is 2.00. The molecule has 0 radical (unpaired) electrons. The molecule has 4 aliphatic rings. The lowest BCUT2D eigenvalue weighted by Gasteiger charge is -2.25. The fourth-order valence-electron chi connectivity index (χ4n) is 11.0. The van der Waals surface area contributed by atoms with Crippen LogP contribution in [0.3, 0.4) is 0 Å². The van der Waals surface area contributed by atoms with E-state index in [0.717, 1.165) is 69.3 Å². The summed E-state index contributed by atoms with van der Waals surface area (Å²) in [7, 11) is 3.26. The molecule has 0 atom stereocenters. The second kappa shape index (κ2) is 35.1. The maximum Gasteiger partial charge on any atom is 0.427 e. The van der Waals surface area contributed by atoms with Gasteiger partial charge in [0, 0.05) is 51.4 Å². The molecule has 504 valence electrons. The van der Waals surface area contributed by atoms with Gasteiger partial charge in [0.25, 0.3) is 0 Å². The first kappa shape index (κ1) is 75.4. The molecule has 2 aromatic heterocycles. The van der Waals surface area contributed by atoms with Crippen LogP contribution in [-0.2, 0) is 57.4 Å². The fraction of sp³-hybridized carbons (Fsp3) is 0.588. The monoisotopic (exact) mass is 1360 g/mol. The van der Waals surface area contributed by atoms with Crippen LogP contribution in [0.2, 0.25) is 0 Å². The summed E-state index contributed by atoms with van der Waals surface area (Å²) in [6.07, 6.45) is 12.0. The van der Waals surface area contributed by atoms with Crippen LogP contribution in [-0.4, -0.2) is 96.6 Å². The first-order valence-electron chi connectivity index (χ1n) is 31.7. The van der Waals surface area contributed by atoms with Crippen LogP contribution in [0.4, 0.5) is 35.9 Å². The zero-order chi connectivity index (χ0) is 65.7. The van der Waals surface area contributed by atoms with E-state index >= 15 is 0 Å². The lowest BCUT2D eigenvalue weighted by molar-refractivity contribution is -0.190. The molecule has 0 saturated heterocycles. The van der Waals surface area contributed by atoms with Crippen LogP contribution in [0.25, 0.3) is 0 Å². The van der Waals surface area contributed by atoms with Gasteiger partial charge in [-0.2, -0.15) is 41.6 Å². The molecule has 23 heteroatoms. The van der Waals surface area contributed by atoms with E-state index < -0.39 is 40.4 Å². The maximum atomic E-state index is 14.8. The van der Waals surface area contributed by atoms with Crippen molar-refractivity contribution in [1.82, 2.24) is 34.4 Å². The van der Waals surface area contributed by atoms with Crippen molar-refractivity contribution in [3.63, 3.8) is 0 Å². The van der Waals surface area contributed by atoms with Gasteiger partial charge in [0.15, 0.2) is 0 Å². The Morgan fingerprint density at radius 1 is 0.549 bits per heavy atom. The molecule has 91 heavy (non-hydrogen) atoms. The minimum atomic E-state index is -3.50. The molecule has 0 N–H and O–H groups in total. The molecule has 1 aliphatic heterocycles. The summed E-state index contributed by atoms with van der Waals surface area (Å²) in [6, 6.07) is 25.8. The van der Waals surface area contributed by atoms with E-state index in [1.807, 2.05) is 20.8 Å². The van der Waals surface area contributed by atoms with Crippen LogP contribution in [0.15, 0.2) is 108 Å². The van der Waals surface area contributed by atoms with Gasteiger partial charge >= 0.3 is 29.2 Å². The van der Waals surface area contributed by atoms with Crippen molar-refractivity contribution >= 4 is 52.1 Å². The lowest BCUT2D eigenvalue weighted by Crippen LogP contribution is -2.37. The zero-order valence-corrected chi connectivity index (χ0v) is 56.7. The minimum Gasteiger partial charge on any atom is -0.444 e. The zero-order valence-electron chi connectivity index (χ0n) is 54.3. The highest BCUT2D eigenvalue weighted by Crippen LogP contribution is 2.37. The van der Waals surface area contributed by atoms with Crippen LogP contribution < -0.4 is 9.47 Å². The number of benzene rings is 3. The summed E-state index contributed by atoms with van der Waals surface area (Å²) >= 11 is 2.25. The Kier molecular flexibility index (Phi) is 29.1. The fourth-order valence-corrected chi connectivity index (χ4v) is 11.2. The molecule has 3 saturated carbocycles. The van der Waals surface area contributed by atoms with Crippen LogP contribution >= 0.6 is 28.3 Å². The Morgan fingerprint density at radius 3 is 1.29 bits per heavy atom. The third kappa shape index (κ3) is 26.0. The van der Waals surface area contributed by atoms with Gasteiger partial charge in [0.05, 0.1) is 47.7 Å². The number of hydrogen-bond acceptors (Lipinski definition) is 10. The molecule has 0 spiro atoms. The van der Waals surface area contributed by atoms with Gasteiger partial charge in [-0.3, -0.25) is 4.79 Å². The molecule has 15 nitrogen and oxygen atoms in total. The summed E-state index contributed by atoms with van der Waals surface area (Å²) in [6.45, 7) is 15.3. The van der Waals surface area contributed by atoms with Crippen LogP contribution in [0.5, 0.6) is 11.8 Å². The van der Waals surface area contributed by atoms with Gasteiger partial charge in [-0.05, 0) is 144 Å². The molecule has 3 aromatic carbocycles. The quantitative estimate of drug-likeness (QED) is 0.0582. The van der Waals surface area contributed by atoms with E-state index in [1.54, 1.807) is 105 Å². The number of carbonyl (C=O) groups is 3. The second-order valence-electron chi connectivity index (χ2n) is 25.9. The highest BCUT2D eigenvalue weighted by atomic mass is 79.9. The predicted octanol–water partition coefficient (Wildman–Crippen LogP) is 18.1. The molecular formula is C68H94BrClF6N8O7. The Balaban J connectivity index is 0.000000231. The minimum absolute atomic E-state index is 0. The smallest absolute Gasteiger partial charge is 0.427 e. The highest BCUT2D eigenvalue weighted by Gasteiger charge is 2.38. The molecule has 3 fully saturated rings. The summed E-state index contributed by atoms with van der Waals surface area (Å²) in [4.78, 5) is 36.3. The number of carbonyl (C=O) groups excluding carboxylic acids is 3. The van der Waals surface area contributed by atoms with Crippen LogP contribution in [0, 0.1) is 17.8 Å². The van der Waals surface area contributed by atoms with Gasteiger partial charge in [0.1, 0.15) is 11.2 Å². The van der Waals surface area contributed by atoms with Crippen molar-refractivity contribution in [2.75, 3.05) is 27.2 Å². The predicted molar refractivity (Wildman–Crippen MR) is 347 cm³/mol. The van der Waals surface area contributed by atoms with Gasteiger partial charge < -0.3 is 28.7 Å². The normalized spacial score (nSPS) is 16.1. The third-order valence-corrected chi connectivity index (χ3v) is 15.9. The van der Waals surface area contributed by atoms with Crippen molar-refractivity contribution < 1.29 is 59.7 Å². The summed E-state index contributed by atoms with van der Waals surface area (Å²) in [5.41, 5.74) is 0.485.